The lowest BCUT2D eigenvalue weighted by molar-refractivity contribution is -0.334. The lowest BCUT2D eigenvalue weighted by Gasteiger charge is -2.49. The molecule has 1 aliphatic carbocycles. The summed E-state index contributed by atoms with van der Waals surface area (Å²) in [7, 11) is 0. The molecule has 1 N–H and O–H groups in total. The summed E-state index contributed by atoms with van der Waals surface area (Å²) in [4.78, 5) is 90.1. The van der Waals surface area contributed by atoms with Crippen molar-refractivity contribution in [2.45, 2.75) is 124 Å². The molecule has 262 valence electrons. The fourth-order valence-corrected chi connectivity index (χ4v) is 7.41. The number of carbonyl (C=O) groups is 7. The van der Waals surface area contributed by atoms with Crippen LogP contribution in [-0.4, -0.2) is 94.7 Å². The van der Waals surface area contributed by atoms with E-state index in [1.807, 2.05) is 0 Å². The summed E-state index contributed by atoms with van der Waals surface area (Å²) in [6.07, 6.45) is -10.1. The van der Waals surface area contributed by atoms with Gasteiger partial charge in [-0.1, -0.05) is 34.3 Å². The number of hydrogen-bond donors (Lipinski definition) is 1. The van der Waals surface area contributed by atoms with Crippen molar-refractivity contribution in [3.05, 3.63) is 12.2 Å². The zero-order valence-electron chi connectivity index (χ0n) is 28.3. The molecule has 15 heteroatoms. The molecule has 2 bridgehead atoms. The smallest absolute Gasteiger partial charge is 0.303 e. The number of carbonyl (C=O) groups excluding carboxylic acids is 7. The van der Waals surface area contributed by atoms with Crippen molar-refractivity contribution in [1.82, 2.24) is 0 Å². The van der Waals surface area contributed by atoms with Gasteiger partial charge in [-0.2, -0.15) is 0 Å². The van der Waals surface area contributed by atoms with Crippen LogP contribution in [0.15, 0.2) is 12.2 Å². The normalized spacial score (nSPS) is 37.8. The highest BCUT2D eigenvalue weighted by atomic mass is 16.7. The number of aliphatic hydroxyl groups is 1. The molecule has 0 aromatic carbocycles. The Hall–Kier alpha value is -3.85. The van der Waals surface area contributed by atoms with Crippen LogP contribution >= 0.6 is 0 Å². The minimum Gasteiger partial charge on any atom is -0.462 e. The van der Waals surface area contributed by atoms with Gasteiger partial charge < -0.3 is 38.3 Å². The first-order valence-corrected chi connectivity index (χ1v) is 15.2. The molecule has 2 heterocycles. The van der Waals surface area contributed by atoms with Gasteiger partial charge in [-0.05, 0) is 12.3 Å². The third-order valence-electron chi connectivity index (χ3n) is 9.13. The van der Waals surface area contributed by atoms with E-state index >= 15 is 0 Å². The predicted molar refractivity (Wildman–Crippen MR) is 156 cm³/mol. The molecule has 1 saturated carbocycles. The molecule has 0 radical (unpaired) electrons. The number of ketones is 1. The van der Waals surface area contributed by atoms with E-state index in [2.05, 4.69) is 6.58 Å². The van der Waals surface area contributed by atoms with Crippen LogP contribution in [0.3, 0.4) is 0 Å². The second-order valence-electron chi connectivity index (χ2n) is 13.1. The summed E-state index contributed by atoms with van der Waals surface area (Å²) < 4.78 is 40.8. The van der Waals surface area contributed by atoms with Gasteiger partial charge >= 0.3 is 35.8 Å². The summed E-state index contributed by atoms with van der Waals surface area (Å²) >= 11 is 0. The quantitative estimate of drug-likeness (QED) is 0.242. The van der Waals surface area contributed by atoms with Crippen LogP contribution in [0.4, 0.5) is 0 Å². The predicted octanol–water partition coefficient (Wildman–Crippen LogP) is 1.49. The monoisotopic (exact) mass is 668 g/mol. The third-order valence-corrected chi connectivity index (χ3v) is 9.13. The maximum Gasteiger partial charge on any atom is 0.303 e. The number of esters is 6. The molecule has 0 aromatic rings. The molecule has 0 aromatic heterocycles. The first-order chi connectivity index (χ1) is 21.5. The van der Waals surface area contributed by atoms with Gasteiger partial charge in [-0.15, -0.1) is 0 Å². The van der Waals surface area contributed by atoms with Crippen LogP contribution in [0.2, 0.25) is 0 Å². The Morgan fingerprint density at radius 2 is 1.21 bits per heavy atom. The molecular weight excluding hydrogens is 624 g/mol. The number of ether oxygens (including phenoxy) is 7. The number of fused-ring (bicyclic) bond motifs is 4. The fraction of sp³-hybridized carbons (Fsp3) is 0.719. The Morgan fingerprint density at radius 3 is 1.68 bits per heavy atom. The Kier molecular flexibility index (Phi) is 10.7. The first-order valence-electron chi connectivity index (χ1n) is 15.2. The molecular formula is C32H44O15. The van der Waals surface area contributed by atoms with Crippen molar-refractivity contribution in [1.29, 1.82) is 0 Å². The highest BCUT2D eigenvalue weighted by molar-refractivity contribution is 5.89. The maximum absolute atomic E-state index is 14.2. The molecule has 3 rings (SSSR count). The van der Waals surface area contributed by atoms with E-state index < -0.39 is 113 Å². The highest BCUT2D eigenvalue weighted by Crippen LogP contribution is 2.60. The van der Waals surface area contributed by atoms with Gasteiger partial charge in [0.25, 0.3) is 0 Å². The van der Waals surface area contributed by atoms with Crippen molar-refractivity contribution in [3.8, 4) is 0 Å². The van der Waals surface area contributed by atoms with Crippen molar-refractivity contribution in [3.63, 3.8) is 0 Å². The van der Waals surface area contributed by atoms with E-state index in [0.29, 0.717) is 0 Å². The molecule has 2 saturated heterocycles. The second kappa shape index (κ2) is 13.3. The molecule has 11 atom stereocenters. The van der Waals surface area contributed by atoms with Crippen LogP contribution in [0, 0.1) is 23.2 Å². The minimum absolute atomic E-state index is 0.275. The zero-order chi connectivity index (χ0) is 36.0. The fourth-order valence-electron chi connectivity index (χ4n) is 7.41. The lowest BCUT2D eigenvalue weighted by atomic mass is 9.68. The molecule has 0 unspecified atom stereocenters. The van der Waals surface area contributed by atoms with Gasteiger partial charge in [-0.25, -0.2) is 0 Å². The molecule has 3 aliphatic rings. The molecule has 2 aliphatic heterocycles. The average Bonchev–Trinajstić information content (AvgIpc) is 3.32. The van der Waals surface area contributed by atoms with Crippen LogP contribution in [0.25, 0.3) is 0 Å². The minimum atomic E-state index is -2.68. The van der Waals surface area contributed by atoms with Crippen LogP contribution in [0.1, 0.15) is 75.7 Å². The van der Waals surface area contributed by atoms with Crippen molar-refractivity contribution < 1.29 is 71.8 Å². The summed E-state index contributed by atoms with van der Waals surface area (Å²) in [5, 5.41) is 12.7. The van der Waals surface area contributed by atoms with Crippen molar-refractivity contribution in [2.24, 2.45) is 23.2 Å². The van der Waals surface area contributed by atoms with Gasteiger partial charge in [0.05, 0.1) is 11.8 Å². The summed E-state index contributed by atoms with van der Waals surface area (Å²) in [6, 6.07) is 0. The Bertz CT molecular complexity index is 1350. The Labute approximate surface area is 272 Å². The number of rotatable bonds is 6. The van der Waals surface area contributed by atoms with Crippen LogP contribution in [0.5, 0.6) is 0 Å². The maximum atomic E-state index is 14.2. The number of hydrogen-bond acceptors (Lipinski definition) is 15. The molecule has 3 fully saturated rings. The van der Waals surface area contributed by atoms with Crippen LogP contribution in [-0.2, 0) is 66.7 Å². The lowest BCUT2D eigenvalue weighted by Crippen LogP contribution is -2.66. The second-order valence-corrected chi connectivity index (χ2v) is 13.1. The summed E-state index contributed by atoms with van der Waals surface area (Å²) in [5.41, 5.74) is -4.23. The Morgan fingerprint density at radius 1 is 0.745 bits per heavy atom. The highest BCUT2D eigenvalue weighted by Gasteiger charge is 2.77. The molecule has 15 nitrogen and oxygen atoms in total. The molecule has 47 heavy (non-hydrogen) atoms. The first kappa shape index (κ1) is 37.6. The van der Waals surface area contributed by atoms with E-state index in [1.165, 1.54) is 20.8 Å². The van der Waals surface area contributed by atoms with E-state index in [0.717, 1.165) is 41.5 Å². The van der Waals surface area contributed by atoms with Crippen molar-refractivity contribution in [2.75, 3.05) is 0 Å². The van der Waals surface area contributed by atoms with Crippen molar-refractivity contribution >= 4 is 41.6 Å². The van der Waals surface area contributed by atoms with E-state index in [1.54, 1.807) is 6.92 Å². The van der Waals surface area contributed by atoms with Gasteiger partial charge in [0.2, 0.25) is 5.79 Å². The summed E-state index contributed by atoms with van der Waals surface area (Å²) in [5.74, 6) is -12.5. The standard InChI is InChI=1S/C32H44O15/c1-13-12-31(46-21(9)38)22(24(13)41-16(4)33)25(42-17(5)34)14(2)26(43-18(6)35)27(44-19(7)36)29(45-20(8)37)30(10,11)28-23(39)15(3)32(31,40)47-28/h13,15,22,24-29,40H,2,12H2,1,3-11H3/t13-,15-,22+,24-,25-,26+,27+,28-,29+,31+,32+/m0/s1. The van der Waals surface area contributed by atoms with Gasteiger partial charge in [-0.3, -0.25) is 33.6 Å². The molecule has 0 amide bonds. The van der Waals surface area contributed by atoms with E-state index in [-0.39, 0.29) is 12.0 Å². The van der Waals surface area contributed by atoms with E-state index in [4.69, 9.17) is 33.2 Å². The molecule has 0 spiro atoms. The van der Waals surface area contributed by atoms with Gasteiger partial charge in [0.1, 0.15) is 18.3 Å². The van der Waals surface area contributed by atoms with Crippen LogP contribution < -0.4 is 0 Å². The number of Topliss-reactive ketones (excluding diaryl/α,β-unsaturated/α-hetero) is 1. The summed E-state index contributed by atoms with van der Waals surface area (Å²) in [6.45, 7) is 16.3. The SMILES string of the molecule is C=C1[C@@H](OC(C)=O)[C@@H](OC(C)=O)[C@@H](OC(C)=O)C(C)(C)[C@H]2O[C@](O)([C@@H](C)C2=O)[C@@]2(OC(C)=O)C[C@H](C)[C@H](OC(C)=O)[C@@H]2[C@H]1OC(C)=O. The zero-order valence-corrected chi connectivity index (χ0v) is 28.3. The Balaban J connectivity index is 2.59. The van der Waals surface area contributed by atoms with E-state index in [9.17, 15) is 38.7 Å². The topological polar surface area (TPSA) is 204 Å². The van der Waals surface area contributed by atoms with Gasteiger partial charge in [0, 0.05) is 52.5 Å². The largest absolute Gasteiger partial charge is 0.462 e. The van der Waals surface area contributed by atoms with Gasteiger partial charge in [0.15, 0.2) is 29.7 Å². The third kappa shape index (κ3) is 6.77. The average molecular weight is 669 g/mol.